The van der Waals surface area contributed by atoms with E-state index in [1.54, 1.807) is 0 Å². The third-order valence-corrected chi connectivity index (χ3v) is 2.88. The standard InChI is InChI=1S/C11H18N2O2/c1-3-10-9(7-13(2)12-10)11-6-8(14)4-5-15-11/h7-8,11,14H,3-6H2,1-2H3. The molecule has 2 rings (SSSR count). The molecule has 4 nitrogen and oxygen atoms in total. The average molecular weight is 210 g/mol. The van der Waals surface area contributed by atoms with Crippen molar-refractivity contribution in [2.45, 2.75) is 38.4 Å². The number of rotatable bonds is 2. The molecule has 1 N–H and O–H groups in total. The molecule has 0 bridgehead atoms. The van der Waals surface area contributed by atoms with Gasteiger partial charge in [0.15, 0.2) is 0 Å². The summed E-state index contributed by atoms with van der Waals surface area (Å²) >= 11 is 0. The van der Waals surface area contributed by atoms with Gasteiger partial charge in [-0.1, -0.05) is 6.92 Å². The number of hydrogen-bond donors (Lipinski definition) is 1. The summed E-state index contributed by atoms with van der Waals surface area (Å²) in [4.78, 5) is 0. The summed E-state index contributed by atoms with van der Waals surface area (Å²) in [5.41, 5.74) is 2.22. The highest BCUT2D eigenvalue weighted by Gasteiger charge is 2.25. The van der Waals surface area contributed by atoms with Crippen LogP contribution in [0.1, 0.15) is 37.1 Å². The van der Waals surface area contributed by atoms with Gasteiger partial charge in [0.1, 0.15) is 0 Å². The molecular weight excluding hydrogens is 192 g/mol. The highest BCUT2D eigenvalue weighted by molar-refractivity contribution is 5.20. The molecule has 15 heavy (non-hydrogen) atoms. The van der Waals surface area contributed by atoms with Gasteiger partial charge in [-0.15, -0.1) is 0 Å². The first-order valence-corrected chi connectivity index (χ1v) is 5.52. The Bertz CT molecular complexity index is 335. The second-order valence-electron chi connectivity index (χ2n) is 4.10. The lowest BCUT2D eigenvalue weighted by Crippen LogP contribution is -2.23. The molecule has 1 saturated heterocycles. The number of aromatic nitrogens is 2. The van der Waals surface area contributed by atoms with E-state index >= 15 is 0 Å². The van der Waals surface area contributed by atoms with Gasteiger partial charge in [-0.3, -0.25) is 4.68 Å². The van der Waals surface area contributed by atoms with Crippen LogP contribution in [0.15, 0.2) is 6.20 Å². The third kappa shape index (κ3) is 2.21. The van der Waals surface area contributed by atoms with E-state index in [-0.39, 0.29) is 12.2 Å². The van der Waals surface area contributed by atoms with Crippen molar-refractivity contribution in [2.75, 3.05) is 6.61 Å². The van der Waals surface area contributed by atoms with Gasteiger partial charge in [0.25, 0.3) is 0 Å². The lowest BCUT2D eigenvalue weighted by atomic mass is 9.99. The van der Waals surface area contributed by atoms with Crippen molar-refractivity contribution >= 4 is 0 Å². The lowest BCUT2D eigenvalue weighted by Gasteiger charge is -2.26. The fourth-order valence-electron chi connectivity index (χ4n) is 2.09. The highest BCUT2D eigenvalue weighted by Crippen LogP contribution is 2.29. The van der Waals surface area contributed by atoms with Gasteiger partial charge in [-0.05, 0) is 12.8 Å². The zero-order valence-corrected chi connectivity index (χ0v) is 9.31. The Labute approximate surface area is 89.9 Å². The molecule has 0 radical (unpaired) electrons. The van der Waals surface area contributed by atoms with Crippen molar-refractivity contribution in [1.29, 1.82) is 0 Å². The number of ether oxygens (including phenoxy) is 1. The van der Waals surface area contributed by atoms with Crippen molar-refractivity contribution in [3.8, 4) is 0 Å². The molecule has 1 aliphatic rings. The smallest absolute Gasteiger partial charge is 0.0882 e. The summed E-state index contributed by atoms with van der Waals surface area (Å²) in [6, 6.07) is 0. The monoisotopic (exact) mass is 210 g/mol. The van der Waals surface area contributed by atoms with Gasteiger partial charge in [0.2, 0.25) is 0 Å². The fourth-order valence-corrected chi connectivity index (χ4v) is 2.09. The minimum absolute atomic E-state index is 0.0254. The predicted molar refractivity (Wildman–Crippen MR) is 56.5 cm³/mol. The molecule has 0 spiro atoms. The van der Waals surface area contributed by atoms with Crippen LogP contribution in [0.5, 0.6) is 0 Å². The van der Waals surface area contributed by atoms with Gasteiger partial charge >= 0.3 is 0 Å². The predicted octanol–water partition coefficient (Wildman–Crippen LogP) is 1.19. The van der Waals surface area contributed by atoms with E-state index in [4.69, 9.17) is 4.74 Å². The molecule has 1 aliphatic heterocycles. The molecule has 0 aromatic carbocycles. The van der Waals surface area contributed by atoms with Gasteiger partial charge in [-0.25, -0.2) is 0 Å². The number of hydrogen-bond acceptors (Lipinski definition) is 3. The fraction of sp³-hybridized carbons (Fsp3) is 0.727. The van der Waals surface area contributed by atoms with E-state index in [9.17, 15) is 5.11 Å². The van der Waals surface area contributed by atoms with Crippen LogP contribution in [0.4, 0.5) is 0 Å². The van der Waals surface area contributed by atoms with E-state index in [2.05, 4.69) is 12.0 Å². The summed E-state index contributed by atoms with van der Waals surface area (Å²) in [6.07, 6.45) is 4.15. The van der Waals surface area contributed by atoms with Gasteiger partial charge in [0.05, 0.1) is 17.9 Å². The maximum absolute atomic E-state index is 9.60. The molecule has 4 heteroatoms. The Morgan fingerprint density at radius 1 is 1.67 bits per heavy atom. The topological polar surface area (TPSA) is 47.3 Å². The van der Waals surface area contributed by atoms with E-state index in [1.807, 2.05) is 17.9 Å². The van der Waals surface area contributed by atoms with Crippen molar-refractivity contribution < 1.29 is 9.84 Å². The summed E-state index contributed by atoms with van der Waals surface area (Å²) < 4.78 is 7.49. The number of aliphatic hydroxyl groups is 1. The van der Waals surface area contributed by atoms with Crippen molar-refractivity contribution in [1.82, 2.24) is 9.78 Å². The molecule has 1 aromatic rings. The van der Waals surface area contributed by atoms with Crippen LogP contribution >= 0.6 is 0 Å². The normalized spacial score (nSPS) is 26.9. The van der Waals surface area contributed by atoms with Crippen LogP contribution in [-0.2, 0) is 18.2 Å². The molecular formula is C11H18N2O2. The van der Waals surface area contributed by atoms with Crippen LogP contribution in [0.3, 0.4) is 0 Å². The van der Waals surface area contributed by atoms with Crippen LogP contribution in [0.25, 0.3) is 0 Å². The Morgan fingerprint density at radius 3 is 3.13 bits per heavy atom. The number of aliphatic hydroxyl groups excluding tert-OH is 1. The van der Waals surface area contributed by atoms with Gasteiger partial charge < -0.3 is 9.84 Å². The summed E-state index contributed by atoms with van der Waals surface area (Å²) in [5.74, 6) is 0. The molecule has 84 valence electrons. The minimum atomic E-state index is -0.228. The Morgan fingerprint density at radius 2 is 2.47 bits per heavy atom. The maximum atomic E-state index is 9.60. The summed E-state index contributed by atoms with van der Waals surface area (Å²) in [6.45, 7) is 2.73. The molecule has 0 aliphatic carbocycles. The molecule has 2 heterocycles. The SMILES string of the molecule is CCc1nn(C)cc1C1CC(O)CCO1. The van der Waals surface area contributed by atoms with E-state index in [1.165, 1.54) is 0 Å². The first-order valence-electron chi connectivity index (χ1n) is 5.52. The van der Waals surface area contributed by atoms with Crippen LogP contribution in [0.2, 0.25) is 0 Å². The summed E-state index contributed by atoms with van der Waals surface area (Å²) in [7, 11) is 1.92. The van der Waals surface area contributed by atoms with Crippen molar-refractivity contribution in [2.24, 2.45) is 7.05 Å². The first-order chi connectivity index (χ1) is 7.20. The molecule has 1 aromatic heterocycles. The van der Waals surface area contributed by atoms with Crippen molar-refractivity contribution in [3.63, 3.8) is 0 Å². The first kappa shape index (κ1) is 10.6. The van der Waals surface area contributed by atoms with Gasteiger partial charge in [-0.2, -0.15) is 5.10 Å². The Kier molecular flexibility index (Phi) is 3.07. The van der Waals surface area contributed by atoms with E-state index in [0.717, 1.165) is 24.1 Å². The zero-order chi connectivity index (χ0) is 10.8. The molecule has 0 saturated carbocycles. The molecule has 1 fully saturated rings. The third-order valence-electron chi connectivity index (χ3n) is 2.88. The summed E-state index contributed by atoms with van der Waals surface area (Å²) in [5, 5.41) is 14.0. The number of nitrogens with zero attached hydrogens (tertiary/aromatic N) is 2. The lowest BCUT2D eigenvalue weighted by molar-refractivity contribution is -0.0451. The number of aryl methyl sites for hydroxylation is 2. The molecule has 0 amide bonds. The van der Waals surface area contributed by atoms with Crippen LogP contribution in [0, 0.1) is 0 Å². The van der Waals surface area contributed by atoms with Crippen molar-refractivity contribution in [3.05, 3.63) is 17.5 Å². The van der Waals surface area contributed by atoms with E-state index < -0.39 is 0 Å². The Hall–Kier alpha value is -0.870. The maximum Gasteiger partial charge on any atom is 0.0882 e. The van der Waals surface area contributed by atoms with E-state index in [0.29, 0.717) is 13.0 Å². The molecule has 2 unspecified atom stereocenters. The largest absolute Gasteiger partial charge is 0.393 e. The zero-order valence-electron chi connectivity index (χ0n) is 9.31. The highest BCUT2D eigenvalue weighted by atomic mass is 16.5. The minimum Gasteiger partial charge on any atom is -0.393 e. The quantitative estimate of drug-likeness (QED) is 0.797. The molecule has 2 atom stereocenters. The van der Waals surface area contributed by atoms with Gasteiger partial charge in [0, 0.05) is 31.8 Å². The van der Waals surface area contributed by atoms with Crippen LogP contribution < -0.4 is 0 Å². The average Bonchev–Trinajstić information content (AvgIpc) is 2.59. The second-order valence-corrected chi connectivity index (χ2v) is 4.10. The van der Waals surface area contributed by atoms with Crippen LogP contribution in [-0.4, -0.2) is 27.6 Å². The second kappa shape index (κ2) is 4.33. The Balaban J connectivity index is 2.19.